The number of pyridine rings is 1. The van der Waals surface area contributed by atoms with Crippen LogP contribution in [0.4, 0.5) is 4.39 Å². The van der Waals surface area contributed by atoms with E-state index < -0.39 is 0 Å². The first-order chi connectivity index (χ1) is 9.51. The molecule has 2 aromatic rings. The van der Waals surface area contributed by atoms with Gasteiger partial charge >= 0.3 is 0 Å². The van der Waals surface area contributed by atoms with E-state index in [0.717, 1.165) is 10.2 Å². The molecule has 0 aliphatic carbocycles. The van der Waals surface area contributed by atoms with Gasteiger partial charge in [-0.1, -0.05) is 6.07 Å². The van der Waals surface area contributed by atoms with Crippen molar-refractivity contribution in [3.8, 4) is 5.75 Å². The molecule has 0 saturated heterocycles. The monoisotopic (exact) mass is 339 g/mol. The quantitative estimate of drug-likeness (QED) is 0.917. The van der Waals surface area contributed by atoms with Gasteiger partial charge in [-0.2, -0.15) is 0 Å². The van der Waals surface area contributed by atoms with Crippen molar-refractivity contribution in [2.75, 3.05) is 0 Å². The number of rotatable bonds is 4. The molecule has 1 aromatic carbocycles. The Morgan fingerprint density at radius 2 is 2.15 bits per heavy atom. The molecule has 0 radical (unpaired) electrons. The fraction of sp³-hybridized carbons (Fsp3) is 0.267. The van der Waals surface area contributed by atoms with Crippen LogP contribution in [0, 0.1) is 12.7 Å². The van der Waals surface area contributed by atoms with Crippen molar-refractivity contribution in [2.45, 2.75) is 26.6 Å². The molecule has 0 amide bonds. The number of nitrogens with zero attached hydrogens (tertiary/aromatic N) is 1. The third-order valence-electron chi connectivity index (χ3n) is 3.03. The zero-order valence-corrected chi connectivity index (χ0v) is 12.8. The second-order valence-electron chi connectivity index (χ2n) is 4.50. The molecule has 5 heteroatoms. The first-order valence-corrected chi connectivity index (χ1v) is 6.98. The first-order valence-electron chi connectivity index (χ1n) is 6.19. The average Bonchev–Trinajstić information content (AvgIpc) is 2.42. The summed E-state index contributed by atoms with van der Waals surface area (Å²) in [4.78, 5) is 4.19. The van der Waals surface area contributed by atoms with Gasteiger partial charge in [0.25, 0.3) is 0 Å². The Morgan fingerprint density at radius 1 is 1.40 bits per heavy atom. The summed E-state index contributed by atoms with van der Waals surface area (Å²) < 4.78 is 20.0. The largest absolute Gasteiger partial charge is 0.484 e. The lowest BCUT2D eigenvalue weighted by Gasteiger charge is -2.19. The van der Waals surface area contributed by atoms with E-state index in [-0.39, 0.29) is 18.5 Å². The Morgan fingerprint density at radius 3 is 2.85 bits per heavy atom. The number of benzene rings is 1. The van der Waals surface area contributed by atoms with Gasteiger partial charge in [-0.3, -0.25) is 4.98 Å². The van der Waals surface area contributed by atoms with Gasteiger partial charge in [0.05, 0.1) is 12.3 Å². The van der Waals surface area contributed by atoms with Crippen LogP contribution in [0.25, 0.3) is 0 Å². The molecule has 3 nitrogen and oxygen atoms in total. The molecule has 0 spiro atoms. The van der Waals surface area contributed by atoms with E-state index in [2.05, 4.69) is 20.9 Å². The molecular weight excluding hydrogens is 325 g/mol. The first kappa shape index (κ1) is 14.9. The zero-order chi connectivity index (χ0) is 14.7. The van der Waals surface area contributed by atoms with Crippen LogP contribution >= 0.6 is 15.9 Å². The summed E-state index contributed by atoms with van der Waals surface area (Å²) in [6, 6.07) is 6.10. The Bertz CT molecular complexity index is 619. The highest BCUT2D eigenvalue weighted by Gasteiger charge is 2.14. The second kappa shape index (κ2) is 6.33. The van der Waals surface area contributed by atoms with Crippen LogP contribution < -0.4 is 4.74 Å². The summed E-state index contributed by atoms with van der Waals surface area (Å²) in [5.41, 5.74) is 2.04. The lowest BCUT2D eigenvalue weighted by atomic mass is 10.0. The van der Waals surface area contributed by atoms with E-state index in [1.54, 1.807) is 12.3 Å². The van der Waals surface area contributed by atoms with E-state index in [0.29, 0.717) is 16.9 Å². The van der Waals surface area contributed by atoms with Gasteiger partial charge in [0.15, 0.2) is 0 Å². The van der Waals surface area contributed by atoms with E-state index >= 15 is 0 Å². The van der Waals surface area contributed by atoms with Gasteiger partial charge in [0.1, 0.15) is 17.7 Å². The fourth-order valence-corrected chi connectivity index (χ4v) is 2.26. The number of halogens is 2. The van der Waals surface area contributed by atoms with Crippen molar-refractivity contribution >= 4 is 15.9 Å². The summed E-state index contributed by atoms with van der Waals surface area (Å²) in [5, 5.41) is 9.33. The van der Waals surface area contributed by atoms with Crippen molar-refractivity contribution in [3.05, 3.63) is 57.6 Å². The summed E-state index contributed by atoms with van der Waals surface area (Å²) in [6.45, 7) is 3.50. The Hall–Kier alpha value is -1.46. The molecular formula is C15H15BrFNO2. The zero-order valence-electron chi connectivity index (χ0n) is 11.2. The van der Waals surface area contributed by atoms with Crippen LogP contribution in [0.1, 0.15) is 29.8 Å². The number of aliphatic hydroxyl groups excluding tert-OH is 1. The Balaban J connectivity index is 2.30. The van der Waals surface area contributed by atoms with Crippen molar-refractivity contribution in [1.29, 1.82) is 0 Å². The number of ether oxygens (including phenoxy) is 1. The van der Waals surface area contributed by atoms with Gasteiger partial charge in [-0.15, -0.1) is 0 Å². The third-order valence-corrected chi connectivity index (χ3v) is 3.46. The smallest absolute Gasteiger partial charge is 0.142 e. The number of hydrogen-bond donors (Lipinski definition) is 1. The molecule has 20 heavy (non-hydrogen) atoms. The molecule has 1 unspecified atom stereocenters. The van der Waals surface area contributed by atoms with Gasteiger partial charge in [-0.05, 0) is 53.5 Å². The van der Waals surface area contributed by atoms with Crippen LogP contribution in [0.2, 0.25) is 0 Å². The van der Waals surface area contributed by atoms with E-state index in [1.807, 2.05) is 19.9 Å². The number of hydrogen-bond acceptors (Lipinski definition) is 3. The molecule has 1 N–H and O–H groups in total. The lowest BCUT2D eigenvalue weighted by Crippen LogP contribution is -2.08. The molecule has 2 rings (SSSR count). The predicted octanol–water partition coefficient (Wildman–Crippen LogP) is 3.92. The van der Waals surface area contributed by atoms with E-state index in [1.165, 1.54) is 12.1 Å². The van der Waals surface area contributed by atoms with Crippen molar-refractivity contribution in [1.82, 2.24) is 4.98 Å². The van der Waals surface area contributed by atoms with Crippen LogP contribution in [-0.2, 0) is 6.61 Å². The minimum Gasteiger partial charge on any atom is -0.484 e. The number of aromatic nitrogens is 1. The van der Waals surface area contributed by atoms with Crippen LogP contribution in [0.5, 0.6) is 5.75 Å². The molecule has 106 valence electrons. The topological polar surface area (TPSA) is 42.4 Å². The normalized spacial score (nSPS) is 12.2. The number of aliphatic hydroxyl groups is 1. The van der Waals surface area contributed by atoms with Crippen molar-refractivity contribution in [2.24, 2.45) is 0 Å². The molecule has 0 fully saturated rings. The molecule has 0 bridgehead atoms. The molecule has 1 heterocycles. The predicted molar refractivity (Wildman–Crippen MR) is 78.0 cm³/mol. The van der Waals surface area contributed by atoms with E-state index in [9.17, 15) is 9.50 Å². The number of aryl methyl sites for hydroxylation is 1. The van der Waals surface area contributed by atoms with Crippen LogP contribution in [-0.4, -0.2) is 10.1 Å². The van der Waals surface area contributed by atoms with E-state index in [4.69, 9.17) is 4.74 Å². The highest BCUT2D eigenvalue weighted by molar-refractivity contribution is 9.10. The van der Waals surface area contributed by atoms with Crippen molar-refractivity contribution in [3.63, 3.8) is 0 Å². The van der Waals surface area contributed by atoms with Crippen molar-refractivity contribution < 1.29 is 14.2 Å². The average molecular weight is 340 g/mol. The maximum Gasteiger partial charge on any atom is 0.142 e. The maximum atomic E-state index is 13.4. The fourth-order valence-electron chi connectivity index (χ4n) is 1.95. The molecule has 0 aliphatic heterocycles. The lowest BCUT2D eigenvalue weighted by molar-refractivity contribution is 0.216. The summed E-state index contributed by atoms with van der Waals surface area (Å²) in [7, 11) is 0. The molecule has 0 saturated carbocycles. The summed E-state index contributed by atoms with van der Waals surface area (Å²) in [5.74, 6) is 0.275. The molecule has 1 atom stereocenters. The van der Waals surface area contributed by atoms with Gasteiger partial charge in [0.2, 0.25) is 0 Å². The van der Waals surface area contributed by atoms with Gasteiger partial charge < -0.3 is 9.84 Å². The minimum absolute atomic E-state index is 0.154. The van der Waals surface area contributed by atoms with Gasteiger partial charge in [-0.25, -0.2) is 4.39 Å². The molecule has 0 aliphatic rings. The summed E-state index contributed by atoms with van der Waals surface area (Å²) >= 11 is 3.34. The van der Waals surface area contributed by atoms with Crippen LogP contribution in [0.3, 0.4) is 0 Å². The third kappa shape index (κ3) is 3.35. The minimum atomic E-state index is -0.386. The molecule has 1 aromatic heterocycles. The van der Waals surface area contributed by atoms with Crippen LogP contribution in [0.15, 0.2) is 34.9 Å². The highest BCUT2D eigenvalue weighted by Crippen LogP contribution is 2.28. The Kier molecular flexibility index (Phi) is 4.73. The standard InChI is InChI=1S/C15H15BrFNO2/c1-9-15(5-12(16)7-18-9)20-10(2)14-6-13(17)4-3-11(14)8-19/h3-7,10,19H,8H2,1-2H3. The SMILES string of the molecule is Cc1ncc(Br)cc1OC(C)c1cc(F)ccc1CO. The maximum absolute atomic E-state index is 13.4. The van der Waals surface area contributed by atoms with Gasteiger partial charge in [0, 0.05) is 16.2 Å². The second-order valence-corrected chi connectivity index (χ2v) is 5.41. The summed E-state index contributed by atoms with van der Waals surface area (Å²) in [6.07, 6.45) is 1.30. The highest BCUT2D eigenvalue weighted by atomic mass is 79.9. The Labute approximate surface area is 125 Å².